The molecule has 1 N–H and O–H groups in total. The van der Waals surface area contributed by atoms with Crippen LogP contribution in [-0.4, -0.2) is 33.9 Å². The lowest BCUT2D eigenvalue weighted by atomic mass is 9.95. The Morgan fingerprint density at radius 1 is 1.26 bits per heavy atom. The molecule has 1 fully saturated rings. The maximum atomic E-state index is 5.62. The van der Waals surface area contributed by atoms with Crippen LogP contribution in [0.5, 0.6) is 5.75 Å². The first-order valence-electron chi connectivity index (χ1n) is 9.50. The van der Waals surface area contributed by atoms with Crippen molar-refractivity contribution in [1.82, 2.24) is 20.3 Å². The zero-order chi connectivity index (χ0) is 18.8. The predicted molar refractivity (Wildman–Crippen MR) is 104 cm³/mol. The number of hydrogen-bond donors (Lipinski definition) is 1. The van der Waals surface area contributed by atoms with Crippen molar-refractivity contribution in [3.8, 4) is 17.1 Å². The van der Waals surface area contributed by atoms with Crippen LogP contribution in [0.2, 0.25) is 0 Å². The molecule has 6 nitrogen and oxygen atoms in total. The third-order valence-corrected chi connectivity index (χ3v) is 5.33. The van der Waals surface area contributed by atoms with E-state index >= 15 is 0 Å². The van der Waals surface area contributed by atoms with E-state index in [-0.39, 0.29) is 6.04 Å². The van der Waals surface area contributed by atoms with Gasteiger partial charge in [-0.25, -0.2) is 0 Å². The van der Waals surface area contributed by atoms with Gasteiger partial charge in [-0.1, -0.05) is 23.7 Å². The molecule has 0 radical (unpaired) electrons. The second-order valence-electron chi connectivity index (χ2n) is 7.33. The lowest BCUT2D eigenvalue weighted by Gasteiger charge is -2.35. The number of likely N-dealkylation sites (tertiary alicyclic amines) is 1. The molecule has 0 spiro atoms. The van der Waals surface area contributed by atoms with Crippen molar-refractivity contribution in [1.29, 1.82) is 0 Å². The Hall–Kier alpha value is -2.60. The molecule has 3 heterocycles. The van der Waals surface area contributed by atoms with Gasteiger partial charge in [-0.05, 0) is 44.9 Å². The molecular weight excluding hydrogens is 340 g/mol. The molecule has 1 aromatic carbocycles. The minimum atomic E-state index is 0.271. The summed E-state index contributed by atoms with van der Waals surface area (Å²) >= 11 is 0. The highest BCUT2D eigenvalue weighted by Crippen LogP contribution is 2.37. The fraction of sp³-hybridized carbons (Fsp3) is 0.429. The number of aryl methyl sites for hydroxylation is 2. The Morgan fingerprint density at radius 3 is 2.93 bits per heavy atom. The molecule has 0 saturated carbocycles. The standard InChI is InChI=1S/C21H26N4O2/c1-14-7-8-16(19(10-14)26-3)13-25-9-5-4-6-18(25)21-17(12-22-23-21)20-11-15(2)24-27-20/h7-8,10-12,18H,4-6,9,13H2,1-3H3,(H,22,23)/t18-/m0/s1. The average molecular weight is 366 g/mol. The Labute approximate surface area is 159 Å². The second kappa shape index (κ2) is 7.56. The second-order valence-corrected chi connectivity index (χ2v) is 7.33. The summed E-state index contributed by atoms with van der Waals surface area (Å²) < 4.78 is 11.1. The summed E-state index contributed by atoms with van der Waals surface area (Å²) in [6.45, 7) is 5.92. The molecule has 142 valence electrons. The van der Waals surface area contributed by atoms with Crippen molar-refractivity contribution in [2.24, 2.45) is 0 Å². The first kappa shape index (κ1) is 17.8. The van der Waals surface area contributed by atoms with Crippen molar-refractivity contribution < 1.29 is 9.26 Å². The smallest absolute Gasteiger partial charge is 0.170 e. The molecule has 1 aliphatic rings. The predicted octanol–water partition coefficient (Wildman–Crippen LogP) is 4.42. The molecule has 0 bridgehead atoms. The number of benzene rings is 1. The Balaban J connectivity index is 1.64. The monoisotopic (exact) mass is 366 g/mol. The number of methoxy groups -OCH3 is 1. The van der Waals surface area contributed by atoms with Crippen LogP contribution in [0.25, 0.3) is 11.3 Å². The summed E-state index contributed by atoms with van der Waals surface area (Å²) in [7, 11) is 1.74. The van der Waals surface area contributed by atoms with E-state index in [0.29, 0.717) is 0 Å². The number of piperidine rings is 1. The van der Waals surface area contributed by atoms with E-state index in [1.165, 1.54) is 24.0 Å². The summed E-state index contributed by atoms with van der Waals surface area (Å²) in [5, 5.41) is 11.6. The molecule has 0 amide bonds. The zero-order valence-corrected chi connectivity index (χ0v) is 16.2. The third kappa shape index (κ3) is 3.62. The van der Waals surface area contributed by atoms with E-state index in [0.717, 1.165) is 48.0 Å². The van der Waals surface area contributed by atoms with Crippen molar-refractivity contribution in [3.63, 3.8) is 0 Å². The number of aromatic nitrogens is 3. The molecular formula is C21H26N4O2. The van der Waals surface area contributed by atoms with E-state index in [1.807, 2.05) is 19.2 Å². The maximum absolute atomic E-state index is 5.62. The van der Waals surface area contributed by atoms with Gasteiger partial charge in [0, 0.05) is 18.2 Å². The number of aromatic amines is 1. The van der Waals surface area contributed by atoms with E-state index in [1.54, 1.807) is 7.11 Å². The summed E-state index contributed by atoms with van der Waals surface area (Å²) in [6.07, 6.45) is 5.35. The van der Waals surface area contributed by atoms with Gasteiger partial charge in [-0.15, -0.1) is 0 Å². The fourth-order valence-corrected chi connectivity index (χ4v) is 3.95. The van der Waals surface area contributed by atoms with Gasteiger partial charge in [0.25, 0.3) is 0 Å². The van der Waals surface area contributed by atoms with Gasteiger partial charge in [0.15, 0.2) is 5.76 Å². The van der Waals surface area contributed by atoms with Crippen molar-refractivity contribution in [2.45, 2.75) is 45.7 Å². The van der Waals surface area contributed by atoms with Gasteiger partial charge in [-0.3, -0.25) is 10.00 Å². The molecule has 1 atom stereocenters. The normalized spacial score (nSPS) is 18.0. The van der Waals surface area contributed by atoms with Crippen molar-refractivity contribution in [3.05, 3.63) is 53.0 Å². The molecule has 0 aliphatic carbocycles. The first-order valence-corrected chi connectivity index (χ1v) is 9.50. The van der Waals surface area contributed by atoms with E-state index in [2.05, 4.69) is 45.4 Å². The molecule has 27 heavy (non-hydrogen) atoms. The lowest BCUT2D eigenvalue weighted by Crippen LogP contribution is -2.33. The van der Waals surface area contributed by atoms with E-state index in [9.17, 15) is 0 Å². The zero-order valence-electron chi connectivity index (χ0n) is 16.2. The van der Waals surface area contributed by atoms with Crippen LogP contribution in [0.3, 0.4) is 0 Å². The minimum Gasteiger partial charge on any atom is -0.496 e. The highest BCUT2D eigenvalue weighted by atomic mass is 16.5. The average Bonchev–Trinajstić information content (AvgIpc) is 3.32. The van der Waals surface area contributed by atoms with Gasteiger partial charge >= 0.3 is 0 Å². The van der Waals surface area contributed by atoms with Crippen molar-refractivity contribution in [2.75, 3.05) is 13.7 Å². The minimum absolute atomic E-state index is 0.271. The van der Waals surface area contributed by atoms with Crippen LogP contribution in [0.1, 0.15) is 47.8 Å². The van der Waals surface area contributed by atoms with E-state index in [4.69, 9.17) is 9.26 Å². The van der Waals surface area contributed by atoms with Gasteiger partial charge in [0.1, 0.15) is 5.75 Å². The SMILES string of the molecule is COc1cc(C)ccc1CN1CCCC[C@H]1c1[nH]ncc1-c1cc(C)no1. The molecule has 1 saturated heterocycles. The quantitative estimate of drug-likeness (QED) is 0.724. The third-order valence-electron chi connectivity index (χ3n) is 5.33. The Bertz CT molecular complexity index is 915. The Morgan fingerprint density at radius 2 is 2.15 bits per heavy atom. The summed E-state index contributed by atoms with van der Waals surface area (Å²) in [5.41, 5.74) is 5.41. The molecule has 6 heteroatoms. The fourth-order valence-electron chi connectivity index (χ4n) is 3.95. The topological polar surface area (TPSA) is 67.2 Å². The number of rotatable bonds is 5. The van der Waals surface area contributed by atoms with Crippen LogP contribution in [0, 0.1) is 13.8 Å². The number of nitrogens with one attached hydrogen (secondary N) is 1. The first-order chi connectivity index (χ1) is 13.2. The number of H-pyrrole nitrogens is 1. The van der Waals surface area contributed by atoms with Crippen LogP contribution in [-0.2, 0) is 6.54 Å². The highest BCUT2D eigenvalue weighted by molar-refractivity contribution is 5.60. The molecule has 4 rings (SSSR count). The van der Waals surface area contributed by atoms with Gasteiger partial charge in [0.05, 0.1) is 36.3 Å². The molecule has 0 unspecified atom stereocenters. The summed E-state index contributed by atoms with van der Waals surface area (Å²) in [6, 6.07) is 8.66. The maximum Gasteiger partial charge on any atom is 0.170 e. The number of ether oxygens (including phenoxy) is 1. The lowest BCUT2D eigenvalue weighted by molar-refractivity contribution is 0.136. The number of nitrogens with zero attached hydrogens (tertiary/aromatic N) is 3. The van der Waals surface area contributed by atoms with Gasteiger partial charge < -0.3 is 9.26 Å². The van der Waals surface area contributed by atoms with Crippen molar-refractivity contribution >= 4 is 0 Å². The van der Waals surface area contributed by atoms with Crippen LogP contribution in [0.4, 0.5) is 0 Å². The molecule has 2 aromatic heterocycles. The summed E-state index contributed by atoms with van der Waals surface area (Å²) in [4.78, 5) is 2.51. The Kier molecular flexibility index (Phi) is 4.99. The van der Waals surface area contributed by atoms with Gasteiger partial charge in [0.2, 0.25) is 0 Å². The highest BCUT2D eigenvalue weighted by Gasteiger charge is 2.29. The van der Waals surface area contributed by atoms with Crippen LogP contribution >= 0.6 is 0 Å². The molecule has 3 aromatic rings. The van der Waals surface area contributed by atoms with Gasteiger partial charge in [-0.2, -0.15) is 5.10 Å². The molecule has 1 aliphatic heterocycles. The number of hydrogen-bond acceptors (Lipinski definition) is 5. The van der Waals surface area contributed by atoms with Crippen LogP contribution in [0.15, 0.2) is 35.0 Å². The largest absolute Gasteiger partial charge is 0.496 e. The van der Waals surface area contributed by atoms with E-state index < -0.39 is 0 Å². The van der Waals surface area contributed by atoms with Crippen LogP contribution < -0.4 is 4.74 Å². The summed E-state index contributed by atoms with van der Waals surface area (Å²) in [5.74, 6) is 1.73.